The van der Waals surface area contributed by atoms with Crippen LogP contribution in [0.4, 0.5) is 10.9 Å². The lowest BCUT2D eigenvalue weighted by Crippen LogP contribution is -2.76. The molecule has 1 unspecified atom stereocenters. The summed E-state index contributed by atoms with van der Waals surface area (Å²) in [5, 5.41) is 21.1. The molecule has 0 aliphatic carbocycles. The van der Waals surface area contributed by atoms with Gasteiger partial charge in [-0.05, 0) is 37.6 Å². The molecule has 0 spiro atoms. The van der Waals surface area contributed by atoms with Crippen LogP contribution in [0.3, 0.4) is 0 Å². The number of amides is 2. The number of nitrogens with two attached hydrogens (primary N) is 1. The van der Waals surface area contributed by atoms with E-state index < -0.39 is 58.2 Å². The molecule has 6 N–H and O–H groups in total. The molecule has 2 aliphatic heterocycles. The summed E-state index contributed by atoms with van der Waals surface area (Å²) >= 11 is 0.965. The van der Waals surface area contributed by atoms with Crippen LogP contribution in [-0.2, 0) is 41.0 Å². The summed E-state index contributed by atoms with van der Waals surface area (Å²) in [5.41, 5.74) is 5.59. The van der Waals surface area contributed by atoms with E-state index in [2.05, 4.69) is 40.6 Å². The van der Waals surface area contributed by atoms with Gasteiger partial charge in [-0.15, -0.1) is 15.6 Å². The fourth-order valence-electron chi connectivity index (χ4n) is 5.19. The first-order valence-electron chi connectivity index (χ1n) is 14.8. The number of ether oxygens (including phenoxy) is 1. The maximum Gasteiger partial charge on any atom is 0.418 e. The number of aliphatic carboxylic acids is 1. The van der Waals surface area contributed by atoms with Crippen LogP contribution in [0, 0.1) is 0 Å². The molecule has 0 saturated carbocycles. The van der Waals surface area contributed by atoms with Crippen molar-refractivity contribution in [2.45, 2.75) is 31.5 Å². The highest BCUT2D eigenvalue weighted by atomic mass is 32.3. The zero-order chi connectivity index (χ0) is 35.5. The highest BCUT2D eigenvalue weighted by molar-refractivity contribution is 7.80. The number of carbonyl (C=O) groups is 3. The number of nitrogens with one attached hydrogen (secondary N) is 2. The number of aromatic nitrogens is 2. The van der Waals surface area contributed by atoms with Crippen molar-refractivity contribution in [3.63, 3.8) is 0 Å². The molecular weight excluding hydrogens is 684 g/mol. The number of rotatable bonds is 13. The number of hydrogen-bond acceptors (Lipinski definition) is 14. The molecule has 2 aromatic heterocycles. The molecule has 0 radical (unpaired) electrons. The number of carbonyl (C=O) groups excluding carboxylic acids is 2. The minimum atomic E-state index is -5.02. The fourth-order valence-corrected chi connectivity index (χ4v) is 6.19. The number of piperazine rings is 1. The van der Waals surface area contributed by atoms with Crippen molar-refractivity contribution >= 4 is 56.2 Å². The minimum Gasteiger partial charge on any atom is -0.489 e. The van der Waals surface area contributed by atoms with E-state index in [1.54, 1.807) is 12.1 Å². The Hall–Kier alpha value is -4.89. The molecule has 2 amide bonds. The number of β-lactam (4-membered cyclic amide) rings is 1. The van der Waals surface area contributed by atoms with Gasteiger partial charge in [0.25, 0.3) is 23.7 Å². The van der Waals surface area contributed by atoms with Gasteiger partial charge in [-0.25, -0.2) is 14.3 Å². The number of benzene rings is 1. The highest BCUT2D eigenvalue weighted by Crippen LogP contribution is 2.33. The number of carboxylic acid groups (broad SMARTS) is 1. The summed E-state index contributed by atoms with van der Waals surface area (Å²) < 4.78 is 43.2. The Morgan fingerprint density at radius 3 is 2.45 bits per heavy atom. The quantitative estimate of drug-likeness (QED) is 0.0502. The van der Waals surface area contributed by atoms with Crippen LogP contribution in [0.5, 0.6) is 5.75 Å². The second-order valence-corrected chi connectivity index (χ2v) is 13.5. The maximum atomic E-state index is 13.2. The van der Waals surface area contributed by atoms with Gasteiger partial charge in [0.05, 0.1) is 31.9 Å². The van der Waals surface area contributed by atoms with Gasteiger partial charge in [-0.2, -0.15) is 13.5 Å². The van der Waals surface area contributed by atoms with E-state index in [9.17, 15) is 27.9 Å². The summed E-state index contributed by atoms with van der Waals surface area (Å²) in [6.07, 6.45) is 0.365. The number of oxime groups is 1. The zero-order valence-electron chi connectivity index (χ0n) is 26.6. The number of nitrogens with zero attached hydrogens (tertiary/aromatic N) is 5. The molecular formula is C29H35N8O10S2+. The largest absolute Gasteiger partial charge is 0.489 e. The fraction of sp³-hybridized carbons (Fsp3) is 0.379. The van der Waals surface area contributed by atoms with Gasteiger partial charge in [0.1, 0.15) is 24.1 Å². The average molecular weight is 720 g/mol. The summed E-state index contributed by atoms with van der Waals surface area (Å²) in [6.45, 7) is 5.96. The molecule has 3 aromatic rings. The molecule has 262 valence electrons. The summed E-state index contributed by atoms with van der Waals surface area (Å²) in [5.74, 6) is -1.97. The monoisotopic (exact) mass is 719 g/mol. The van der Waals surface area contributed by atoms with Crippen LogP contribution in [0.15, 0.2) is 53.1 Å². The Balaban J connectivity index is 1.24. The van der Waals surface area contributed by atoms with Crippen molar-refractivity contribution in [3.05, 3.63) is 53.7 Å². The Morgan fingerprint density at radius 1 is 1.20 bits per heavy atom. The van der Waals surface area contributed by atoms with Crippen molar-refractivity contribution in [2.75, 3.05) is 43.4 Å². The lowest BCUT2D eigenvalue weighted by molar-refractivity contribution is -0.658. The average Bonchev–Trinajstić information content (AvgIpc) is 3.49. The van der Waals surface area contributed by atoms with Gasteiger partial charge in [-0.3, -0.25) is 19.0 Å². The summed E-state index contributed by atoms with van der Waals surface area (Å²) in [7, 11) is -3.02. The normalized spacial score (nSPS) is 18.4. The van der Waals surface area contributed by atoms with Crippen molar-refractivity contribution < 1.29 is 50.9 Å². The van der Waals surface area contributed by atoms with Crippen molar-refractivity contribution in [1.29, 1.82) is 0 Å². The van der Waals surface area contributed by atoms with Crippen LogP contribution in [-0.4, -0.2) is 102 Å². The number of aryl methyl sites for hydroxylation is 1. The predicted octanol–water partition coefficient (Wildman–Crippen LogP) is -0.281. The number of pyridine rings is 1. The minimum absolute atomic E-state index is 0.0640. The molecule has 2 saturated heterocycles. The van der Waals surface area contributed by atoms with Crippen molar-refractivity contribution in [3.8, 4) is 16.9 Å². The van der Waals surface area contributed by atoms with Crippen molar-refractivity contribution in [2.24, 2.45) is 12.2 Å². The van der Waals surface area contributed by atoms with Crippen LogP contribution in [0.25, 0.3) is 11.1 Å². The Bertz CT molecular complexity index is 1860. The van der Waals surface area contributed by atoms with Crippen LogP contribution in [0.2, 0.25) is 0 Å². The summed E-state index contributed by atoms with van der Waals surface area (Å²) in [4.78, 5) is 49.3. The van der Waals surface area contributed by atoms with Gasteiger partial charge in [-0.1, -0.05) is 17.3 Å². The number of thiazole rings is 1. The molecule has 2 fully saturated rings. The number of carboxylic acids is 1. The van der Waals surface area contributed by atoms with E-state index >= 15 is 0 Å². The maximum absolute atomic E-state index is 13.2. The topological polar surface area (TPSA) is 239 Å². The molecule has 4 heterocycles. The number of hydrogen-bond donors (Lipinski definition) is 5. The first-order valence-corrected chi connectivity index (χ1v) is 17.1. The number of anilines is 2. The van der Waals surface area contributed by atoms with Gasteiger partial charge < -0.3 is 31.0 Å². The zero-order valence-corrected chi connectivity index (χ0v) is 28.2. The first-order chi connectivity index (χ1) is 23.1. The molecule has 49 heavy (non-hydrogen) atoms. The smallest absolute Gasteiger partial charge is 0.418 e. The van der Waals surface area contributed by atoms with Crippen LogP contribution >= 0.6 is 11.3 Å². The Labute approximate surface area is 285 Å². The number of hydroxylamine groups is 2. The van der Waals surface area contributed by atoms with Crippen molar-refractivity contribution in [1.82, 2.24) is 20.7 Å². The second kappa shape index (κ2) is 14.3. The Morgan fingerprint density at radius 2 is 1.88 bits per heavy atom. The molecule has 20 heteroatoms. The predicted molar refractivity (Wildman–Crippen MR) is 175 cm³/mol. The van der Waals surface area contributed by atoms with E-state index in [1.165, 1.54) is 19.2 Å². The van der Waals surface area contributed by atoms with E-state index in [4.69, 9.17) is 19.9 Å². The van der Waals surface area contributed by atoms with Gasteiger partial charge in [0.2, 0.25) is 0 Å². The lowest BCUT2D eigenvalue weighted by Gasteiger charge is -2.50. The van der Waals surface area contributed by atoms with Crippen LogP contribution < -0.4 is 30.6 Å². The van der Waals surface area contributed by atoms with Gasteiger partial charge in [0, 0.05) is 30.1 Å². The van der Waals surface area contributed by atoms with Crippen LogP contribution in [0.1, 0.15) is 19.5 Å². The third kappa shape index (κ3) is 8.23. The lowest BCUT2D eigenvalue weighted by atomic mass is 9.84. The molecule has 18 nitrogen and oxygen atoms in total. The standard InChI is InChI=1S/C29H34N8O10S2/c1-29(2)24(26(39)37(29)47-49(42,43)44)33-25(38)23(20-16-48-28(30)32-20)34-46-21(27(40)41)15-45-19-7-4-17(5-8-19)18-6-9-22(35(3)14-18)36-12-10-31-11-13-36/h4-9,14,16,21,24,31H,10-13,15H2,1-3H3,(H4-,30,32,33,38,40,41,42,43,44)/p+1/b34-23-/t21-,24?/m0/s1. The number of nitrogen functional groups attached to an aromatic ring is 1. The van der Waals surface area contributed by atoms with Gasteiger partial charge >= 0.3 is 16.4 Å². The third-order valence-electron chi connectivity index (χ3n) is 7.78. The highest BCUT2D eigenvalue weighted by Gasteiger charge is 2.58. The van der Waals surface area contributed by atoms with E-state index in [1.807, 2.05) is 31.4 Å². The summed E-state index contributed by atoms with van der Waals surface area (Å²) in [6, 6.07) is 9.84. The molecule has 5 rings (SSSR count). The van der Waals surface area contributed by atoms with E-state index in [0.29, 0.717) is 10.8 Å². The Kier molecular flexibility index (Phi) is 10.3. The molecule has 2 atom stereocenters. The molecule has 2 aliphatic rings. The van der Waals surface area contributed by atoms with E-state index in [0.717, 1.165) is 54.5 Å². The first kappa shape index (κ1) is 35.4. The molecule has 1 aromatic carbocycles. The van der Waals surface area contributed by atoms with Gasteiger partial charge in [0.15, 0.2) is 10.8 Å². The second-order valence-electron chi connectivity index (χ2n) is 11.6. The third-order valence-corrected chi connectivity index (χ3v) is 8.79. The molecule has 0 bridgehead atoms. The SMILES string of the molecule is C[n+]1cc(-c2ccc(OC[C@H](O/N=C(\C(=O)NC3C(=O)N(OS(=O)(=O)O)C3(C)C)c3csc(N)n3)C(=O)O)cc2)ccc1N1CCNCC1. The van der Waals surface area contributed by atoms with E-state index in [-0.39, 0.29) is 10.8 Å².